The molecule has 0 amide bonds. The first-order valence-electron chi connectivity index (χ1n) is 6.37. The van der Waals surface area contributed by atoms with Crippen molar-refractivity contribution in [2.75, 3.05) is 6.54 Å². The van der Waals surface area contributed by atoms with E-state index in [1.807, 2.05) is 13.0 Å². The minimum Gasteiger partial charge on any atom is -0.313 e. The van der Waals surface area contributed by atoms with Gasteiger partial charge in [-0.05, 0) is 54.4 Å². The highest BCUT2D eigenvalue weighted by Gasteiger charge is 2.09. The van der Waals surface area contributed by atoms with Crippen LogP contribution >= 0.6 is 0 Å². The molecule has 0 aliphatic rings. The monoisotopic (exact) mass is 261 g/mol. The second-order valence-electron chi connectivity index (χ2n) is 4.55. The molecule has 3 heteroatoms. The summed E-state index contributed by atoms with van der Waals surface area (Å²) in [4.78, 5) is 0. The first kappa shape index (κ1) is 13.7. The number of halogens is 2. The Morgan fingerprint density at radius 3 is 2.47 bits per heavy atom. The van der Waals surface area contributed by atoms with Gasteiger partial charge in [0.05, 0.1) is 0 Å². The Kier molecular flexibility index (Phi) is 4.27. The number of nitrogens with one attached hydrogen (secondary N) is 1. The van der Waals surface area contributed by atoms with E-state index in [-0.39, 0.29) is 11.6 Å². The highest BCUT2D eigenvalue weighted by atomic mass is 19.1. The van der Waals surface area contributed by atoms with Crippen LogP contribution in [0.15, 0.2) is 36.4 Å². The molecule has 0 unspecified atom stereocenters. The molecular weight excluding hydrogens is 244 g/mol. The highest BCUT2D eigenvalue weighted by Crippen LogP contribution is 2.27. The number of hydrogen-bond acceptors (Lipinski definition) is 1. The third-order valence-corrected chi connectivity index (χ3v) is 3.09. The van der Waals surface area contributed by atoms with Crippen LogP contribution in [0.5, 0.6) is 0 Å². The summed E-state index contributed by atoms with van der Waals surface area (Å²) >= 11 is 0. The zero-order valence-electron chi connectivity index (χ0n) is 11.1. The third-order valence-electron chi connectivity index (χ3n) is 3.09. The summed E-state index contributed by atoms with van der Waals surface area (Å²) in [6.07, 6.45) is 0. The Morgan fingerprint density at radius 2 is 1.79 bits per heavy atom. The molecule has 0 fully saturated rings. The minimum absolute atomic E-state index is 0.282. The summed E-state index contributed by atoms with van der Waals surface area (Å²) in [6, 6.07) is 9.45. The summed E-state index contributed by atoms with van der Waals surface area (Å²) in [5, 5.41) is 3.20. The van der Waals surface area contributed by atoms with Gasteiger partial charge in [-0.15, -0.1) is 0 Å². The van der Waals surface area contributed by atoms with Crippen LogP contribution in [0, 0.1) is 18.6 Å². The van der Waals surface area contributed by atoms with Gasteiger partial charge in [0.25, 0.3) is 0 Å². The smallest absolute Gasteiger partial charge is 0.131 e. The van der Waals surface area contributed by atoms with Crippen molar-refractivity contribution in [2.45, 2.75) is 20.4 Å². The van der Waals surface area contributed by atoms with E-state index in [0.29, 0.717) is 12.1 Å². The van der Waals surface area contributed by atoms with Gasteiger partial charge in [0.15, 0.2) is 0 Å². The molecular formula is C16H17F2N. The van der Waals surface area contributed by atoms with Gasteiger partial charge in [-0.3, -0.25) is 0 Å². The van der Waals surface area contributed by atoms with Crippen molar-refractivity contribution in [1.29, 1.82) is 0 Å². The van der Waals surface area contributed by atoms with E-state index in [4.69, 9.17) is 0 Å². The SMILES string of the molecule is CCNCc1ccc(F)c(-c2ccc(F)cc2C)c1. The van der Waals surface area contributed by atoms with Gasteiger partial charge in [-0.2, -0.15) is 0 Å². The van der Waals surface area contributed by atoms with Gasteiger partial charge in [0.2, 0.25) is 0 Å². The largest absolute Gasteiger partial charge is 0.313 e. The maximum absolute atomic E-state index is 13.9. The molecule has 2 rings (SSSR count). The van der Waals surface area contributed by atoms with E-state index in [1.54, 1.807) is 19.1 Å². The van der Waals surface area contributed by atoms with Gasteiger partial charge in [0.1, 0.15) is 11.6 Å². The van der Waals surface area contributed by atoms with Crippen LogP contribution in [0.2, 0.25) is 0 Å². The Labute approximate surface area is 112 Å². The maximum atomic E-state index is 13.9. The zero-order valence-corrected chi connectivity index (χ0v) is 11.1. The molecule has 2 aromatic rings. The van der Waals surface area contributed by atoms with E-state index in [9.17, 15) is 8.78 Å². The normalized spacial score (nSPS) is 10.7. The number of benzene rings is 2. The standard InChI is InChI=1S/C16H17F2N/c1-3-19-10-12-4-7-16(18)15(9-12)14-6-5-13(17)8-11(14)2/h4-9,19H,3,10H2,1-2H3. The molecule has 2 aromatic carbocycles. The van der Waals surface area contributed by atoms with Crippen LogP contribution < -0.4 is 5.32 Å². The van der Waals surface area contributed by atoms with Crippen molar-refractivity contribution in [3.63, 3.8) is 0 Å². The van der Waals surface area contributed by atoms with Gasteiger partial charge < -0.3 is 5.32 Å². The Hall–Kier alpha value is -1.74. The van der Waals surface area contributed by atoms with E-state index in [1.165, 1.54) is 18.2 Å². The Bertz CT molecular complexity index is 579. The van der Waals surface area contributed by atoms with Crippen LogP contribution in [-0.2, 0) is 6.54 Å². The fourth-order valence-corrected chi connectivity index (χ4v) is 2.09. The van der Waals surface area contributed by atoms with E-state index in [2.05, 4.69) is 5.32 Å². The number of hydrogen-bond donors (Lipinski definition) is 1. The molecule has 0 aromatic heterocycles. The van der Waals surface area contributed by atoms with Gasteiger partial charge in [-0.25, -0.2) is 8.78 Å². The van der Waals surface area contributed by atoms with Crippen molar-refractivity contribution in [3.05, 3.63) is 59.2 Å². The molecule has 0 bridgehead atoms. The number of aryl methyl sites for hydroxylation is 1. The Morgan fingerprint density at radius 1 is 1.00 bits per heavy atom. The molecule has 0 atom stereocenters. The minimum atomic E-state index is -0.300. The molecule has 0 aliphatic heterocycles. The fraction of sp³-hybridized carbons (Fsp3) is 0.250. The van der Waals surface area contributed by atoms with Crippen molar-refractivity contribution in [3.8, 4) is 11.1 Å². The van der Waals surface area contributed by atoms with Crippen LogP contribution in [0.3, 0.4) is 0 Å². The molecule has 100 valence electrons. The van der Waals surface area contributed by atoms with Crippen LogP contribution in [0.25, 0.3) is 11.1 Å². The lowest BCUT2D eigenvalue weighted by Crippen LogP contribution is -2.11. The summed E-state index contributed by atoms with van der Waals surface area (Å²) in [7, 11) is 0. The average molecular weight is 261 g/mol. The number of rotatable bonds is 4. The summed E-state index contributed by atoms with van der Waals surface area (Å²) in [6.45, 7) is 5.37. The van der Waals surface area contributed by atoms with Crippen molar-refractivity contribution >= 4 is 0 Å². The fourth-order valence-electron chi connectivity index (χ4n) is 2.09. The molecule has 1 nitrogen and oxygen atoms in total. The van der Waals surface area contributed by atoms with Crippen molar-refractivity contribution in [2.24, 2.45) is 0 Å². The van der Waals surface area contributed by atoms with Crippen LogP contribution in [0.4, 0.5) is 8.78 Å². The summed E-state index contributed by atoms with van der Waals surface area (Å²) < 4.78 is 27.0. The average Bonchev–Trinajstić information content (AvgIpc) is 2.38. The summed E-state index contributed by atoms with van der Waals surface area (Å²) in [5.74, 6) is -0.583. The summed E-state index contributed by atoms with van der Waals surface area (Å²) in [5.41, 5.74) is 3.01. The van der Waals surface area contributed by atoms with Crippen molar-refractivity contribution < 1.29 is 8.78 Å². The van der Waals surface area contributed by atoms with Gasteiger partial charge >= 0.3 is 0 Å². The quantitative estimate of drug-likeness (QED) is 0.875. The van der Waals surface area contributed by atoms with Gasteiger partial charge in [-0.1, -0.05) is 19.1 Å². The van der Waals surface area contributed by atoms with E-state index in [0.717, 1.165) is 23.2 Å². The first-order valence-corrected chi connectivity index (χ1v) is 6.37. The molecule has 0 radical (unpaired) electrons. The van der Waals surface area contributed by atoms with Crippen LogP contribution in [0.1, 0.15) is 18.1 Å². The second kappa shape index (κ2) is 5.93. The lowest BCUT2D eigenvalue weighted by Gasteiger charge is -2.10. The van der Waals surface area contributed by atoms with Crippen LogP contribution in [-0.4, -0.2) is 6.54 Å². The molecule has 0 spiro atoms. The molecule has 0 heterocycles. The zero-order chi connectivity index (χ0) is 13.8. The maximum Gasteiger partial charge on any atom is 0.131 e. The lowest BCUT2D eigenvalue weighted by molar-refractivity contribution is 0.624. The van der Waals surface area contributed by atoms with E-state index >= 15 is 0 Å². The van der Waals surface area contributed by atoms with Gasteiger partial charge in [0, 0.05) is 12.1 Å². The predicted octanol–water partition coefficient (Wildman–Crippen LogP) is 4.05. The molecule has 0 aliphatic carbocycles. The Balaban J connectivity index is 2.42. The van der Waals surface area contributed by atoms with E-state index < -0.39 is 0 Å². The third kappa shape index (κ3) is 3.18. The molecule has 1 N–H and O–H groups in total. The molecule has 0 saturated heterocycles. The molecule has 0 saturated carbocycles. The first-order chi connectivity index (χ1) is 9.11. The highest BCUT2D eigenvalue weighted by molar-refractivity contribution is 5.68. The topological polar surface area (TPSA) is 12.0 Å². The lowest BCUT2D eigenvalue weighted by atomic mass is 9.98. The molecule has 19 heavy (non-hydrogen) atoms. The van der Waals surface area contributed by atoms with Crippen molar-refractivity contribution in [1.82, 2.24) is 5.32 Å². The second-order valence-corrected chi connectivity index (χ2v) is 4.55. The predicted molar refractivity (Wildman–Crippen MR) is 73.9 cm³/mol.